The molecule has 0 bridgehead atoms. The predicted molar refractivity (Wildman–Crippen MR) is 113 cm³/mol. The number of piperidine rings is 1. The maximum absolute atomic E-state index is 12.5. The van der Waals surface area contributed by atoms with E-state index >= 15 is 0 Å². The number of nitrogens with one attached hydrogen (secondary N) is 2. The molecule has 0 aliphatic carbocycles. The molecule has 0 spiro atoms. The average molecular weight is 403 g/mol. The van der Waals surface area contributed by atoms with Gasteiger partial charge in [-0.25, -0.2) is 0 Å². The van der Waals surface area contributed by atoms with Crippen LogP contribution in [0.4, 0.5) is 0 Å². The summed E-state index contributed by atoms with van der Waals surface area (Å²) in [6, 6.07) is 18.0. The minimum atomic E-state index is -0.0390. The molecule has 0 radical (unpaired) electrons. The molecule has 0 saturated carbocycles. The number of fused-ring (bicyclic) bond motifs is 1. The van der Waals surface area contributed by atoms with Crippen LogP contribution in [0.1, 0.15) is 28.1 Å². The molecule has 1 aliphatic heterocycles. The van der Waals surface area contributed by atoms with Crippen molar-refractivity contribution in [3.05, 3.63) is 65.0 Å². The number of hydrogen-bond donors (Lipinski definition) is 2. The van der Waals surface area contributed by atoms with E-state index in [-0.39, 0.29) is 24.4 Å². The lowest BCUT2D eigenvalue weighted by atomic mass is 10.1. The molecular weight excluding hydrogens is 380 g/mol. The Morgan fingerprint density at radius 2 is 1.89 bits per heavy atom. The van der Waals surface area contributed by atoms with Crippen LogP contribution in [-0.2, 0) is 6.54 Å². The molecule has 0 atom stereocenters. The fraction of sp³-hybridized carbons (Fsp3) is 0.286. The van der Waals surface area contributed by atoms with Gasteiger partial charge in [0.15, 0.2) is 0 Å². The van der Waals surface area contributed by atoms with Crippen molar-refractivity contribution in [3.8, 4) is 5.75 Å². The van der Waals surface area contributed by atoms with Crippen LogP contribution < -0.4 is 15.4 Å². The fourth-order valence-corrected chi connectivity index (χ4v) is 4.20. The smallest absolute Gasteiger partial charge is 0.261 e. The number of thiophene rings is 1. The van der Waals surface area contributed by atoms with Gasteiger partial charge in [-0.15, -0.1) is 23.7 Å². The average Bonchev–Trinajstić information content (AvgIpc) is 3.13. The maximum Gasteiger partial charge on any atom is 0.261 e. The van der Waals surface area contributed by atoms with Crippen LogP contribution in [0, 0.1) is 0 Å². The summed E-state index contributed by atoms with van der Waals surface area (Å²) in [5.74, 6) is 0.843. The molecule has 6 heteroatoms. The minimum Gasteiger partial charge on any atom is -0.490 e. The Hall–Kier alpha value is -2.08. The zero-order valence-corrected chi connectivity index (χ0v) is 16.6. The largest absolute Gasteiger partial charge is 0.490 e. The number of rotatable bonds is 5. The molecule has 1 amide bonds. The van der Waals surface area contributed by atoms with Crippen LogP contribution in [-0.4, -0.2) is 25.1 Å². The lowest BCUT2D eigenvalue weighted by molar-refractivity contribution is 0.0955. The fourth-order valence-electron chi connectivity index (χ4n) is 3.21. The van der Waals surface area contributed by atoms with Crippen molar-refractivity contribution >= 4 is 39.7 Å². The normalized spacial score (nSPS) is 14.5. The van der Waals surface area contributed by atoms with E-state index in [1.165, 1.54) is 11.3 Å². The molecule has 0 unspecified atom stereocenters. The molecule has 27 heavy (non-hydrogen) atoms. The molecule has 1 aromatic heterocycles. The van der Waals surface area contributed by atoms with E-state index in [1.807, 2.05) is 54.6 Å². The Morgan fingerprint density at radius 3 is 2.67 bits per heavy atom. The molecule has 2 N–H and O–H groups in total. The van der Waals surface area contributed by atoms with E-state index in [4.69, 9.17) is 4.74 Å². The SMILES string of the molecule is Cl.O=C(NCc1ccccc1)c1cc2c(OC3CCNCC3)cccc2s1. The number of benzene rings is 2. The van der Waals surface area contributed by atoms with Crippen LogP contribution in [0.2, 0.25) is 0 Å². The van der Waals surface area contributed by atoms with Gasteiger partial charge in [-0.1, -0.05) is 36.4 Å². The Labute approximate surface area is 169 Å². The number of halogens is 1. The number of carbonyl (C=O) groups is 1. The summed E-state index contributed by atoms with van der Waals surface area (Å²) in [6.07, 6.45) is 2.28. The third kappa shape index (κ3) is 4.80. The van der Waals surface area contributed by atoms with Gasteiger partial charge in [-0.05, 0) is 49.7 Å². The van der Waals surface area contributed by atoms with Crippen LogP contribution in [0.3, 0.4) is 0 Å². The van der Waals surface area contributed by atoms with Crippen LogP contribution >= 0.6 is 23.7 Å². The Morgan fingerprint density at radius 1 is 1.11 bits per heavy atom. The second-order valence-electron chi connectivity index (χ2n) is 6.51. The van der Waals surface area contributed by atoms with Crippen molar-refractivity contribution in [2.75, 3.05) is 13.1 Å². The maximum atomic E-state index is 12.5. The second-order valence-corrected chi connectivity index (χ2v) is 7.60. The summed E-state index contributed by atoms with van der Waals surface area (Å²) in [7, 11) is 0. The first-order valence-corrected chi connectivity index (χ1v) is 9.83. The van der Waals surface area contributed by atoms with Gasteiger partial charge in [0, 0.05) is 16.6 Å². The topological polar surface area (TPSA) is 50.4 Å². The number of ether oxygens (including phenoxy) is 1. The molecule has 2 aromatic carbocycles. The van der Waals surface area contributed by atoms with Crippen LogP contribution in [0.5, 0.6) is 5.75 Å². The third-order valence-electron chi connectivity index (χ3n) is 4.62. The predicted octanol–water partition coefficient (Wildman–Crippen LogP) is 4.38. The van der Waals surface area contributed by atoms with Crippen LogP contribution in [0.25, 0.3) is 10.1 Å². The first-order valence-electron chi connectivity index (χ1n) is 9.01. The first kappa shape index (κ1) is 19.7. The van der Waals surface area contributed by atoms with E-state index < -0.39 is 0 Å². The molecule has 1 saturated heterocycles. The summed E-state index contributed by atoms with van der Waals surface area (Å²) in [6.45, 7) is 2.53. The molecule has 4 nitrogen and oxygen atoms in total. The summed E-state index contributed by atoms with van der Waals surface area (Å²) in [5, 5.41) is 7.38. The van der Waals surface area contributed by atoms with Crippen molar-refractivity contribution < 1.29 is 9.53 Å². The summed E-state index contributed by atoms with van der Waals surface area (Å²) < 4.78 is 7.31. The highest BCUT2D eigenvalue weighted by Gasteiger charge is 2.17. The zero-order valence-electron chi connectivity index (χ0n) is 14.9. The van der Waals surface area contributed by atoms with E-state index in [2.05, 4.69) is 10.6 Å². The lowest BCUT2D eigenvalue weighted by Crippen LogP contribution is -2.34. The van der Waals surface area contributed by atoms with Gasteiger partial charge < -0.3 is 15.4 Å². The van der Waals surface area contributed by atoms with Crippen molar-refractivity contribution in [2.24, 2.45) is 0 Å². The highest BCUT2D eigenvalue weighted by Crippen LogP contribution is 2.34. The Bertz CT molecular complexity index is 892. The Kier molecular flexibility index (Phi) is 6.72. The number of carbonyl (C=O) groups excluding carboxylic acids is 1. The lowest BCUT2D eigenvalue weighted by Gasteiger charge is -2.24. The highest BCUT2D eigenvalue weighted by atomic mass is 35.5. The standard InChI is InChI=1S/C21H22N2O2S.ClH/c24-21(23-14-15-5-2-1-3-6-15)20-13-17-18(7-4-8-19(17)26-20)25-16-9-11-22-12-10-16;/h1-8,13,16,22H,9-12,14H2,(H,23,24);1H. The molecule has 4 rings (SSSR count). The van der Waals surface area contributed by atoms with Gasteiger partial charge in [0.25, 0.3) is 5.91 Å². The molecule has 1 fully saturated rings. The summed E-state index contributed by atoms with van der Waals surface area (Å²) >= 11 is 1.51. The third-order valence-corrected chi connectivity index (χ3v) is 5.72. The molecule has 1 aliphatic rings. The monoisotopic (exact) mass is 402 g/mol. The van der Waals surface area contributed by atoms with Crippen molar-refractivity contribution in [3.63, 3.8) is 0 Å². The van der Waals surface area contributed by atoms with Crippen LogP contribution in [0.15, 0.2) is 54.6 Å². The highest BCUT2D eigenvalue weighted by molar-refractivity contribution is 7.20. The second kappa shape index (κ2) is 9.22. The van der Waals surface area contributed by atoms with E-state index in [0.29, 0.717) is 6.54 Å². The van der Waals surface area contributed by atoms with Gasteiger partial charge >= 0.3 is 0 Å². The first-order chi connectivity index (χ1) is 12.8. The van der Waals surface area contributed by atoms with E-state index in [0.717, 1.165) is 52.2 Å². The molecule has 3 aromatic rings. The van der Waals surface area contributed by atoms with E-state index in [9.17, 15) is 4.79 Å². The van der Waals surface area contributed by atoms with Gasteiger partial charge in [0.2, 0.25) is 0 Å². The minimum absolute atomic E-state index is 0. The Balaban J connectivity index is 0.00000210. The van der Waals surface area contributed by atoms with E-state index in [1.54, 1.807) is 0 Å². The quantitative estimate of drug-likeness (QED) is 0.665. The molecular formula is C21H23ClN2O2S. The van der Waals surface area contributed by atoms with Crippen molar-refractivity contribution in [1.29, 1.82) is 0 Å². The van der Waals surface area contributed by atoms with Crippen molar-refractivity contribution in [1.82, 2.24) is 10.6 Å². The van der Waals surface area contributed by atoms with Crippen molar-refractivity contribution in [2.45, 2.75) is 25.5 Å². The van der Waals surface area contributed by atoms with Gasteiger partial charge in [0.1, 0.15) is 11.9 Å². The zero-order chi connectivity index (χ0) is 17.8. The number of amides is 1. The molecule has 2 heterocycles. The van der Waals surface area contributed by atoms with Gasteiger partial charge in [-0.3, -0.25) is 4.79 Å². The van der Waals surface area contributed by atoms with Gasteiger partial charge in [0.05, 0.1) is 4.88 Å². The van der Waals surface area contributed by atoms with Gasteiger partial charge in [-0.2, -0.15) is 0 Å². The summed E-state index contributed by atoms with van der Waals surface area (Å²) in [5.41, 5.74) is 1.09. The summed E-state index contributed by atoms with van der Waals surface area (Å²) in [4.78, 5) is 13.3. The molecule has 142 valence electrons. The number of hydrogen-bond acceptors (Lipinski definition) is 4.